The molecule has 0 aliphatic carbocycles. The van der Waals surface area contributed by atoms with Crippen molar-refractivity contribution in [3.05, 3.63) is 29.8 Å². The molecule has 1 N–H and O–H groups in total. The molecular formula is C17H26N2O2. The van der Waals surface area contributed by atoms with E-state index in [1.165, 1.54) is 18.4 Å². The predicted molar refractivity (Wildman–Crippen MR) is 83.7 cm³/mol. The second-order valence-electron chi connectivity index (χ2n) is 6.03. The third-order valence-electron chi connectivity index (χ3n) is 4.45. The first kappa shape index (κ1) is 14.8. The lowest BCUT2D eigenvalue weighted by Gasteiger charge is -2.23. The molecule has 1 saturated heterocycles. The fourth-order valence-corrected chi connectivity index (χ4v) is 3.15. The zero-order chi connectivity index (χ0) is 14.5. The standard InChI is InChI=1S/C17H26N2O2/c1-14(16-7-4-11-20-16)18-8-9-19-10-12-21-17-6-3-2-5-15(17)13-19/h2-3,5-6,14,16,18H,4,7-13H2,1H3. The monoisotopic (exact) mass is 290 g/mol. The summed E-state index contributed by atoms with van der Waals surface area (Å²) in [6, 6.07) is 8.80. The Kier molecular flexibility index (Phi) is 5.12. The fraction of sp³-hybridized carbons (Fsp3) is 0.647. The molecule has 116 valence electrons. The molecule has 3 rings (SSSR count). The van der Waals surface area contributed by atoms with Gasteiger partial charge in [-0.05, 0) is 25.8 Å². The van der Waals surface area contributed by atoms with Gasteiger partial charge in [0, 0.05) is 44.4 Å². The molecule has 4 heteroatoms. The van der Waals surface area contributed by atoms with Crippen molar-refractivity contribution in [3.63, 3.8) is 0 Å². The number of hydrogen-bond donors (Lipinski definition) is 1. The predicted octanol–water partition coefficient (Wildman–Crippen LogP) is 2.04. The highest BCUT2D eigenvalue weighted by molar-refractivity contribution is 5.33. The SMILES string of the molecule is CC(NCCN1CCOc2ccccc2C1)C1CCCO1. The van der Waals surface area contributed by atoms with E-state index >= 15 is 0 Å². The summed E-state index contributed by atoms with van der Waals surface area (Å²) in [5.41, 5.74) is 1.29. The highest BCUT2D eigenvalue weighted by Gasteiger charge is 2.22. The van der Waals surface area contributed by atoms with Crippen molar-refractivity contribution in [2.45, 2.75) is 38.5 Å². The number of ether oxygens (including phenoxy) is 2. The first-order chi connectivity index (χ1) is 10.3. The molecule has 0 spiro atoms. The van der Waals surface area contributed by atoms with Crippen molar-refractivity contribution in [3.8, 4) is 5.75 Å². The molecule has 0 radical (unpaired) electrons. The minimum Gasteiger partial charge on any atom is -0.492 e. The van der Waals surface area contributed by atoms with Crippen LogP contribution in [-0.2, 0) is 11.3 Å². The van der Waals surface area contributed by atoms with Crippen LogP contribution in [0.4, 0.5) is 0 Å². The Bertz CT molecular complexity index is 446. The molecule has 0 amide bonds. The average Bonchev–Trinajstić information content (AvgIpc) is 2.95. The van der Waals surface area contributed by atoms with E-state index in [9.17, 15) is 0 Å². The topological polar surface area (TPSA) is 33.7 Å². The molecule has 2 atom stereocenters. The summed E-state index contributed by atoms with van der Waals surface area (Å²) in [5, 5.41) is 3.61. The van der Waals surface area contributed by atoms with E-state index < -0.39 is 0 Å². The number of nitrogens with one attached hydrogen (secondary N) is 1. The smallest absolute Gasteiger partial charge is 0.123 e. The molecule has 1 aromatic carbocycles. The van der Waals surface area contributed by atoms with E-state index in [1.807, 2.05) is 6.07 Å². The van der Waals surface area contributed by atoms with E-state index in [1.54, 1.807) is 0 Å². The summed E-state index contributed by atoms with van der Waals surface area (Å²) < 4.78 is 11.5. The van der Waals surface area contributed by atoms with Gasteiger partial charge in [-0.3, -0.25) is 4.90 Å². The number of nitrogens with zero attached hydrogens (tertiary/aromatic N) is 1. The number of fused-ring (bicyclic) bond motifs is 1. The van der Waals surface area contributed by atoms with Crippen molar-refractivity contribution in [1.82, 2.24) is 10.2 Å². The molecular weight excluding hydrogens is 264 g/mol. The quantitative estimate of drug-likeness (QED) is 0.900. The second-order valence-corrected chi connectivity index (χ2v) is 6.03. The van der Waals surface area contributed by atoms with Crippen LogP contribution >= 0.6 is 0 Å². The number of benzene rings is 1. The normalized spacial score (nSPS) is 24.1. The highest BCUT2D eigenvalue weighted by Crippen LogP contribution is 2.22. The Morgan fingerprint density at radius 3 is 3.10 bits per heavy atom. The van der Waals surface area contributed by atoms with Crippen LogP contribution in [0.15, 0.2) is 24.3 Å². The van der Waals surface area contributed by atoms with Crippen LogP contribution < -0.4 is 10.1 Å². The van der Waals surface area contributed by atoms with Crippen molar-refractivity contribution < 1.29 is 9.47 Å². The van der Waals surface area contributed by atoms with Crippen molar-refractivity contribution >= 4 is 0 Å². The van der Waals surface area contributed by atoms with Crippen molar-refractivity contribution in [1.29, 1.82) is 0 Å². The van der Waals surface area contributed by atoms with Gasteiger partial charge in [-0.25, -0.2) is 0 Å². The molecule has 2 unspecified atom stereocenters. The summed E-state index contributed by atoms with van der Waals surface area (Å²) in [6.45, 7) is 7.96. The minimum atomic E-state index is 0.401. The Labute approximate surface area is 127 Å². The molecule has 2 aliphatic heterocycles. The van der Waals surface area contributed by atoms with E-state index in [0.717, 1.165) is 45.1 Å². The Morgan fingerprint density at radius 1 is 1.33 bits per heavy atom. The van der Waals surface area contributed by atoms with E-state index in [0.29, 0.717) is 12.1 Å². The molecule has 1 fully saturated rings. The molecule has 4 nitrogen and oxygen atoms in total. The fourth-order valence-electron chi connectivity index (χ4n) is 3.15. The van der Waals surface area contributed by atoms with E-state index in [-0.39, 0.29) is 0 Å². The zero-order valence-corrected chi connectivity index (χ0v) is 12.9. The van der Waals surface area contributed by atoms with Crippen LogP contribution in [0.2, 0.25) is 0 Å². The largest absolute Gasteiger partial charge is 0.492 e. The van der Waals surface area contributed by atoms with Gasteiger partial charge in [-0.1, -0.05) is 18.2 Å². The number of para-hydroxylation sites is 1. The second kappa shape index (κ2) is 7.25. The van der Waals surface area contributed by atoms with Gasteiger partial charge in [0.25, 0.3) is 0 Å². The number of hydrogen-bond acceptors (Lipinski definition) is 4. The van der Waals surface area contributed by atoms with E-state index in [4.69, 9.17) is 9.47 Å². The van der Waals surface area contributed by atoms with Gasteiger partial charge in [0.05, 0.1) is 6.10 Å². The van der Waals surface area contributed by atoms with Crippen LogP contribution in [0.25, 0.3) is 0 Å². The molecule has 1 aromatic rings. The van der Waals surface area contributed by atoms with Gasteiger partial charge in [-0.15, -0.1) is 0 Å². The molecule has 0 saturated carbocycles. The first-order valence-corrected chi connectivity index (χ1v) is 8.11. The first-order valence-electron chi connectivity index (χ1n) is 8.11. The van der Waals surface area contributed by atoms with Crippen LogP contribution in [0.3, 0.4) is 0 Å². The van der Waals surface area contributed by atoms with Gasteiger partial charge in [-0.2, -0.15) is 0 Å². The zero-order valence-electron chi connectivity index (χ0n) is 12.9. The lowest BCUT2D eigenvalue weighted by atomic mass is 10.1. The maximum atomic E-state index is 5.81. The Hall–Kier alpha value is -1.10. The third-order valence-corrected chi connectivity index (χ3v) is 4.45. The van der Waals surface area contributed by atoms with Gasteiger partial charge in [0.2, 0.25) is 0 Å². The summed E-state index contributed by atoms with van der Waals surface area (Å²) in [7, 11) is 0. The van der Waals surface area contributed by atoms with Gasteiger partial charge >= 0.3 is 0 Å². The third kappa shape index (κ3) is 3.96. The van der Waals surface area contributed by atoms with Crippen LogP contribution in [0.5, 0.6) is 5.75 Å². The average molecular weight is 290 g/mol. The molecule has 2 heterocycles. The summed E-state index contributed by atoms with van der Waals surface area (Å²) in [4.78, 5) is 2.46. The molecule has 21 heavy (non-hydrogen) atoms. The molecule has 2 aliphatic rings. The van der Waals surface area contributed by atoms with Crippen molar-refractivity contribution in [2.24, 2.45) is 0 Å². The van der Waals surface area contributed by atoms with Crippen molar-refractivity contribution in [2.75, 3.05) is 32.8 Å². The number of rotatable bonds is 5. The molecule has 0 aromatic heterocycles. The van der Waals surface area contributed by atoms with Gasteiger partial charge in [0.15, 0.2) is 0 Å². The Balaban J connectivity index is 1.45. The van der Waals surface area contributed by atoms with Gasteiger partial charge < -0.3 is 14.8 Å². The lowest BCUT2D eigenvalue weighted by Crippen LogP contribution is -2.41. The maximum absolute atomic E-state index is 5.81. The minimum absolute atomic E-state index is 0.401. The highest BCUT2D eigenvalue weighted by atomic mass is 16.5. The summed E-state index contributed by atoms with van der Waals surface area (Å²) in [5.74, 6) is 1.04. The van der Waals surface area contributed by atoms with Crippen LogP contribution in [-0.4, -0.2) is 49.9 Å². The van der Waals surface area contributed by atoms with Crippen LogP contribution in [0, 0.1) is 0 Å². The van der Waals surface area contributed by atoms with Crippen LogP contribution in [0.1, 0.15) is 25.3 Å². The maximum Gasteiger partial charge on any atom is 0.123 e. The summed E-state index contributed by atoms with van der Waals surface area (Å²) >= 11 is 0. The summed E-state index contributed by atoms with van der Waals surface area (Å²) in [6.07, 6.45) is 2.80. The van der Waals surface area contributed by atoms with Gasteiger partial charge in [0.1, 0.15) is 12.4 Å². The lowest BCUT2D eigenvalue weighted by molar-refractivity contribution is 0.0824. The molecule has 0 bridgehead atoms. The van der Waals surface area contributed by atoms with E-state index in [2.05, 4.69) is 35.3 Å². The Morgan fingerprint density at radius 2 is 2.24 bits per heavy atom.